The highest BCUT2D eigenvalue weighted by Gasteiger charge is 2.28. The predicted octanol–water partition coefficient (Wildman–Crippen LogP) is 3.48. The lowest BCUT2D eigenvalue weighted by atomic mass is 9.99. The Morgan fingerprint density at radius 2 is 2.12 bits per heavy atom. The van der Waals surface area contributed by atoms with Crippen LogP contribution in [0.2, 0.25) is 0 Å². The van der Waals surface area contributed by atoms with Gasteiger partial charge in [-0.15, -0.1) is 0 Å². The summed E-state index contributed by atoms with van der Waals surface area (Å²) in [5, 5.41) is 6.00. The Hall–Kier alpha value is -2.14. The molecule has 0 spiro atoms. The highest BCUT2D eigenvalue weighted by Crippen LogP contribution is 2.38. The lowest BCUT2D eigenvalue weighted by molar-refractivity contribution is 0.102. The number of halogens is 1. The molecule has 0 unspecified atom stereocenters. The van der Waals surface area contributed by atoms with E-state index in [4.69, 9.17) is 0 Å². The maximum Gasteiger partial charge on any atom is 0.257 e. The summed E-state index contributed by atoms with van der Waals surface area (Å²) in [5.74, 6) is -0.527. The van der Waals surface area contributed by atoms with Gasteiger partial charge in [0.25, 0.3) is 5.91 Å². The van der Waals surface area contributed by atoms with E-state index >= 15 is 0 Å². The van der Waals surface area contributed by atoms with Gasteiger partial charge in [0, 0.05) is 24.0 Å². The molecular formula is C19H22FN3O. The van der Waals surface area contributed by atoms with Crippen molar-refractivity contribution in [1.82, 2.24) is 9.88 Å². The van der Waals surface area contributed by atoms with Crippen LogP contribution >= 0.6 is 0 Å². The molecule has 1 aromatic carbocycles. The van der Waals surface area contributed by atoms with Crippen molar-refractivity contribution in [2.24, 2.45) is 0 Å². The molecule has 5 heteroatoms. The van der Waals surface area contributed by atoms with Crippen molar-refractivity contribution < 1.29 is 9.18 Å². The van der Waals surface area contributed by atoms with Crippen molar-refractivity contribution in [3.8, 4) is 0 Å². The van der Waals surface area contributed by atoms with Gasteiger partial charge in [-0.1, -0.05) is 6.07 Å². The van der Waals surface area contributed by atoms with Crippen LogP contribution in [-0.2, 0) is 13.0 Å². The lowest BCUT2D eigenvalue weighted by Gasteiger charge is -2.19. The van der Waals surface area contributed by atoms with Gasteiger partial charge in [0.1, 0.15) is 5.82 Å². The molecule has 0 atom stereocenters. The van der Waals surface area contributed by atoms with Crippen molar-refractivity contribution >= 4 is 11.6 Å². The normalized spacial score (nSPS) is 16.8. The SMILES string of the molecule is Cc1cc(C(=O)Nc2ccc3c(c2F)CCNC3)c(C)n1C1CC1. The first-order chi connectivity index (χ1) is 11.6. The van der Waals surface area contributed by atoms with Crippen LogP contribution in [0.1, 0.15) is 51.8 Å². The van der Waals surface area contributed by atoms with Crippen LogP contribution in [0.3, 0.4) is 0 Å². The molecule has 0 radical (unpaired) electrons. The fraction of sp³-hybridized carbons (Fsp3) is 0.421. The maximum atomic E-state index is 14.7. The van der Waals surface area contributed by atoms with E-state index in [2.05, 4.69) is 15.2 Å². The van der Waals surface area contributed by atoms with Crippen molar-refractivity contribution in [2.45, 2.75) is 45.7 Å². The second-order valence-electron chi connectivity index (χ2n) is 6.83. The number of nitrogens with one attached hydrogen (secondary N) is 2. The molecule has 2 aromatic rings. The van der Waals surface area contributed by atoms with Crippen molar-refractivity contribution in [1.29, 1.82) is 0 Å². The molecule has 1 aliphatic heterocycles. The second-order valence-corrected chi connectivity index (χ2v) is 6.83. The average molecular weight is 327 g/mol. The Labute approximate surface area is 141 Å². The monoisotopic (exact) mass is 327 g/mol. The first-order valence-electron chi connectivity index (χ1n) is 8.57. The molecular weight excluding hydrogens is 305 g/mol. The number of anilines is 1. The van der Waals surface area contributed by atoms with Gasteiger partial charge >= 0.3 is 0 Å². The first-order valence-corrected chi connectivity index (χ1v) is 8.57. The lowest BCUT2D eigenvalue weighted by Crippen LogP contribution is -2.25. The van der Waals surface area contributed by atoms with E-state index in [0.29, 0.717) is 24.6 Å². The fourth-order valence-electron chi connectivity index (χ4n) is 3.72. The minimum absolute atomic E-state index is 0.234. The van der Waals surface area contributed by atoms with Gasteiger partial charge in [0.15, 0.2) is 0 Å². The van der Waals surface area contributed by atoms with Crippen LogP contribution in [-0.4, -0.2) is 17.0 Å². The van der Waals surface area contributed by atoms with Crippen LogP contribution in [0.15, 0.2) is 18.2 Å². The Morgan fingerprint density at radius 1 is 1.33 bits per heavy atom. The van der Waals surface area contributed by atoms with E-state index in [1.807, 2.05) is 26.0 Å². The molecule has 1 fully saturated rings. The third-order valence-electron chi connectivity index (χ3n) is 5.10. The van der Waals surface area contributed by atoms with Crippen LogP contribution in [0, 0.1) is 19.7 Å². The number of nitrogens with zero attached hydrogens (tertiary/aromatic N) is 1. The van der Waals surface area contributed by atoms with E-state index in [0.717, 1.165) is 29.1 Å². The van der Waals surface area contributed by atoms with E-state index in [9.17, 15) is 9.18 Å². The Bertz CT molecular complexity index is 821. The van der Waals surface area contributed by atoms with Gasteiger partial charge < -0.3 is 15.2 Å². The smallest absolute Gasteiger partial charge is 0.257 e. The maximum absolute atomic E-state index is 14.7. The summed E-state index contributed by atoms with van der Waals surface area (Å²) in [6.45, 7) is 5.44. The Kier molecular flexibility index (Phi) is 3.68. The number of aromatic nitrogens is 1. The third kappa shape index (κ3) is 2.53. The zero-order chi connectivity index (χ0) is 16.8. The molecule has 1 aliphatic carbocycles. The predicted molar refractivity (Wildman–Crippen MR) is 91.9 cm³/mol. The second kappa shape index (κ2) is 5.74. The minimum Gasteiger partial charge on any atom is -0.345 e. The van der Waals surface area contributed by atoms with Crippen LogP contribution < -0.4 is 10.6 Å². The Morgan fingerprint density at radius 3 is 2.88 bits per heavy atom. The molecule has 1 amide bonds. The molecule has 4 nitrogen and oxygen atoms in total. The van der Waals surface area contributed by atoms with E-state index in [-0.39, 0.29) is 17.4 Å². The number of aryl methyl sites for hydroxylation is 1. The quantitative estimate of drug-likeness (QED) is 0.907. The highest BCUT2D eigenvalue weighted by molar-refractivity contribution is 6.05. The number of carbonyl (C=O) groups excluding carboxylic acids is 1. The summed E-state index contributed by atoms with van der Waals surface area (Å²) in [6.07, 6.45) is 3.00. The van der Waals surface area contributed by atoms with Crippen LogP contribution in [0.4, 0.5) is 10.1 Å². The van der Waals surface area contributed by atoms with E-state index in [1.54, 1.807) is 6.07 Å². The van der Waals surface area contributed by atoms with E-state index < -0.39 is 0 Å². The molecule has 2 N–H and O–H groups in total. The van der Waals surface area contributed by atoms with Gasteiger partial charge in [-0.2, -0.15) is 0 Å². The fourth-order valence-corrected chi connectivity index (χ4v) is 3.72. The molecule has 0 saturated heterocycles. The summed E-state index contributed by atoms with van der Waals surface area (Å²) < 4.78 is 16.9. The molecule has 1 aromatic heterocycles. The number of carbonyl (C=O) groups is 1. The summed E-state index contributed by atoms with van der Waals surface area (Å²) in [6, 6.07) is 6.00. The van der Waals surface area contributed by atoms with Crippen molar-refractivity contribution in [3.05, 3.63) is 52.1 Å². The van der Waals surface area contributed by atoms with Gasteiger partial charge in [0.05, 0.1) is 11.3 Å². The van der Waals surface area contributed by atoms with Crippen molar-refractivity contribution in [3.63, 3.8) is 0 Å². The van der Waals surface area contributed by atoms with Gasteiger partial charge in [-0.3, -0.25) is 4.79 Å². The molecule has 0 bridgehead atoms. The number of amides is 1. The number of fused-ring (bicyclic) bond motifs is 1. The molecule has 126 valence electrons. The molecule has 2 heterocycles. The standard InChI is InChI=1S/C19H22FN3O/c1-11-9-16(12(2)23(11)14-4-5-14)19(24)22-17-6-3-13-10-21-8-7-15(13)18(17)20/h3,6,9,14,21H,4-5,7-8,10H2,1-2H3,(H,22,24). The highest BCUT2D eigenvalue weighted by atomic mass is 19.1. The van der Waals surface area contributed by atoms with Crippen LogP contribution in [0.5, 0.6) is 0 Å². The zero-order valence-electron chi connectivity index (χ0n) is 14.1. The number of hydrogen-bond acceptors (Lipinski definition) is 2. The minimum atomic E-state index is -0.293. The van der Waals surface area contributed by atoms with Gasteiger partial charge in [0.2, 0.25) is 0 Å². The van der Waals surface area contributed by atoms with E-state index in [1.165, 1.54) is 12.8 Å². The largest absolute Gasteiger partial charge is 0.345 e. The first kappa shape index (κ1) is 15.4. The summed E-state index contributed by atoms with van der Waals surface area (Å²) in [4.78, 5) is 12.7. The molecule has 1 saturated carbocycles. The molecule has 24 heavy (non-hydrogen) atoms. The van der Waals surface area contributed by atoms with Crippen molar-refractivity contribution in [2.75, 3.05) is 11.9 Å². The average Bonchev–Trinajstić information content (AvgIpc) is 3.35. The third-order valence-corrected chi connectivity index (χ3v) is 5.10. The number of hydrogen-bond donors (Lipinski definition) is 2. The summed E-state index contributed by atoms with van der Waals surface area (Å²) in [7, 11) is 0. The van der Waals surface area contributed by atoms with Gasteiger partial charge in [-0.25, -0.2) is 4.39 Å². The molecule has 4 rings (SSSR count). The Balaban J connectivity index is 1.62. The zero-order valence-corrected chi connectivity index (χ0v) is 14.1. The summed E-state index contributed by atoms with van der Waals surface area (Å²) >= 11 is 0. The number of benzene rings is 1. The summed E-state index contributed by atoms with van der Waals surface area (Å²) in [5.41, 5.74) is 4.67. The van der Waals surface area contributed by atoms with Gasteiger partial charge in [-0.05, 0) is 62.9 Å². The van der Waals surface area contributed by atoms with Crippen LogP contribution in [0.25, 0.3) is 0 Å². The number of rotatable bonds is 3. The topological polar surface area (TPSA) is 46.1 Å². The molecule has 2 aliphatic rings.